The van der Waals surface area contributed by atoms with Gasteiger partial charge in [-0.05, 0) is 43.2 Å². The van der Waals surface area contributed by atoms with E-state index in [1.165, 1.54) is 5.56 Å². The van der Waals surface area contributed by atoms with Crippen LogP contribution in [-0.2, 0) is 20.8 Å². The van der Waals surface area contributed by atoms with Gasteiger partial charge in [-0.25, -0.2) is 5.48 Å². The predicted molar refractivity (Wildman–Crippen MR) is 118 cm³/mol. The second kappa shape index (κ2) is 8.58. The quantitative estimate of drug-likeness (QED) is 0.335. The van der Waals surface area contributed by atoms with E-state index in [1.54, 1.807) is 10.4 Å². The van der Waals surface area contributed by atoms with Crippen LogP contribution in [-0.4, -0.2) is 56.8 Å². The van der Waals surface area contributed by atoms with E-state index in [4.69, 9.17) is 5.21 Å². The Morgan fingerprint density at radius 3 is 2.69 bits per heavy atom. The molecule has 0 radical (unpaired) electrons. The van der Waals surface area contributed by atoms with Crippen LogP contribution < -0.4 is 5.48 Å². The number of para-hydroxylation sites is 1. The summed E-state index contributed by atoms with van der Waals surface area (Å²) in [5, 5.41) is 9.70. The number of carbonyl (C=O) groups excluding carboxylic acids is 3. The second-order valence-electron chi connectivity index (χ2n) is 9.32. The first-order valence-corrected chi connectivity index (χ1v) is 11.7. The largest absolute Gasteiger partial charge is 0.356 e. The smallest absolute Gasteiger partial charge is 0.246 e. The Balaban J connectivity index is 1.29. The summed E-state index contributed by atoms with van der Waals surface area (Å²) < 4.78 is 0. The first-order valence-electron chi connectivity index (χ1n) is 11.7. The fourth-order valence-electron chi connectivity index (χ4n) is 5.45. The summed E-state index contributed by atoms with van der Waals surface area (Å²) in [6, 6.07) is 7.77. The number of piperazine rings is 1. The van der Waals surface area contributed by atoms with Crippen molar-refractivity contribution in [3.63, 3.8) is 0 Å². The molecule has 1 aliphatic carbocycles. The molecule has 1 aromatic carbocycles. The zero-order valence-electron chi connectivity index (χ0n) is 18.2. The number of rotatable bonds is 8. The summed E-state index contributed by atoms with van der Waals surface area (Å²) in [4.78, 5) is 45.0. The number of hydroxylamine groups is 1. The van der Waals surface area contributed by atoms with Gasteiger partial charge in [0.1, 0.15) is 6.04 Å². The van der Waals surface area contributed by atoms with Crippen LogP contribution in [0.25, 0.3) is 10.9 Å². The highest BCUT2D eigenvalue weighted by Crippen LogP contribution is 2.50. The average molecular weight is 439 g/mol. The molecule has 3 heterocycles. The van der Waals surface area contributed by atoms with E-state index in [-0.39, 0.29) is 30.3 Å². The lowest BCUT2D eigenvalue weighted by atomic mass is 9.87. The van der Waals surface area contributed by atoms with Crippen LogP contribution in [0, 0.1) is 5.92 Å². The number of H-pyrrole nitrogens is 1. The van der Waals surface area contributed by atoms with Gasteiger partial charge in [-0.2, -0.15) is 0 Å². The van der Waals surface area contributed by atoms with Gasteiger partial charge in [0.05, 0.1) is 12.6 Å². The molecular formula is C24H30N4O4. The van der Waals surface area contributed by atoms with Crippen molar-refractivity contribution in [1.82, 2.24) is 20.3 Å². The molecule has 3 aliphatic rings. The number of hydrogen-bond acceptors (Lipinski definition) is 4. The minimum atomic E-state index is -0.415. The number of unbranched alkanes of at least 4 members (excludes halogenated alkanes) is 3. The van der Waals surface area contributed by atoms with Crippen LogP contribution in [0.1, 0.15) is 62.2 Å². The van der Waals surface area contributed by atoms with E-state index < -0.39 is 6.04 Å². The molecule has 3 N–H and O–H groups in total. The van der Waals surface area contributed by atoms with Crippen molar-refractivity contribution in [3.8, 4) is 0 Å². The molecule has 1 saturated carbocycles. The number of fused-ring (bicyclic) bond motifs is 4. The van der Waals surface area contributed by atoms with Crippen molar-refractivity contribution in [2.24, 2.45) is 5.92 Å². The zero-order chi connectivity index (χ0) is 22.2. The van der Waals surface area contributed by atoms with Crippen molar-refractivity contribution in [2.75, 3.05) is 13.1 Å². The summed E-state index contributed by atoms with van der Waals surface area (Å²) in [5.41, 5.74) is 5.05. The third-order valence-corrected chi connectivity index (χ3v) is 7.16. The maximum Gasteiger partial charge on any atom is 0.246 e. The molecule has 2 aromatic rings. The molecule has 2 atom stereocenters. The van der Waals surface area contributed by atoms with Gasteiger partial charge in [0.15, 0.2) is 0 Å². The van der Waals surface area contributed by atoms with Crippen LogP contribution in [0.5, 0.6) is 0 Å². The summed E-state index contributed by atoms with van der Waals surface area (Å²) in [6.07, 6.45) is 6.29. The molecule has 170 valence electrons. The van der Waals surface area contributed by atoms with Crippen LogP contribution in [0.3, 0.4) is 0 Å². The number of amides is 3. The number of hydrogen-bond donors (Lipinski definition) is 3. The minimum Gasteiger partial charge on any atom is -0.356 e. The average Bonchev–Trinajstić information content (AvgIpc) is 3.57. The fourth-order valence-corrected chi connectivity index (χ4v) is 5.45. The number of aromatic nitrogens is 1. The third-order valence-electron chi connectivity index (χ3n) is 7.16. The van der Waals surface area contributed by atoms with E-state index in [9.17, 15) is 14.4 Å². The molecule has 3 amide bonds. The number of benzene rings is 1. The highest BCUT2D eigenvalue weighted by Gasteiger charge is 2.51. The maximum absolute atomic E-state index is 13.5. The van der Waals surface area contributed by atoms with Crippen LogP contribution in [0.4, 0.5) is 0 Å². The van der Waals surface area contributed by atoms with Gasteiger partial charge in [-0.1, -0.05) is 31.0 Å². The van der Waals surface area contributed by atoms with Crippen LogP contribution in [0.2, 0.25) is 0 Å². The lowest BCUT2D eigenvalue weighted by Gasteiger charge is -2.47. The zero-order valence-corrected chi connectivity index (χ0v) is 18.2. The van der Waals surface area contributed by atoms with E-state index in [0.717, 1.165) is 48.7 Å². The molecule has 1 aromatic heterocycles. The van der Waals surface area contributed by atoms with Gasteiger partial charge in [0, 0.05) is 36.0 Å². The van der Waals surface area contributed by atoms with Gasteiger partial charge in [0.2, 0.25) is 17.7 Å². The lowest BCUT2D eigenvalue weighted by molar-refractivity contribution is -0.160. The van der Waals surface area contributed by atoms with E-state index >= 15 is 0 Å². The molecule has 2 aliphatic heterocycles. The second-order valence-corrected chi connectivity index (χ2v) is 9.32. The molecule has 8 heteroatoms. The van der Waals surface area contributed by atoms with Gasteiger partial charge in [-0.3, -0.25) is 19.6 Å². The molecule has 1 saturated heterocycles. The molecule has 8 nitrogen and oxygen atoms in total. The Morgan fingerprint density at radius 2 is 1.91 bits per heavy atom. The summed E-state index contributed by atoms with van der Waals surface area (Å²) in [7, 11) is 0. The third kappa shape index (κ3) is 3.77. The Bertz CT molecular complexity index is 1040. The van der Waals surface area contributed by atoms with E-state index in [0.29, 0.717) is 31.7 Å². The van der Waals surface area contributed by atoms with Crippen molar-refractivity contribution >= 4 is 28.6 Å². The SMILES string of the molecule is O=C(CCCCCCN1CC(=O)N2[C@@H](C3CC3)c3[nH]c4ccccc4c3C[C@H]2C1=O)NO. The van der Waals surface area contributed by atoms with E-state index in [2.05, 4.69) is 17.1 Å². The van der Waals surface area contributed by atoms with Gasteiger partial charge in [0.25, 0.3) is 0 Å². The number of nitrogens with one attached hydrogen (secondary N) is 2. The molecule has 0 spiro atoms. The Kier molecular flexibility index (Phi) is 5.63. The topological polar surface area (TPSA) is 106 Å². The molecule has 0 bridgehead atoms. The molecule has 2 fully saturated rings. The van der Waals surface area contributed by atoms with Gasteiger partial charge >= 0.3 is 0 Å². The summed E-state index contributed by atoms with van der Waals surface area (Å²) in [6.45, 7) is 0.719. The minimum absolute atomic E-state index is 0.0209. The van der Waals surface area contributed by atoms with Crippen molar-refractivity contribution in [2.45, 2.75) is 63.5 Å². The van der Waals surface area contributed by atoms with Crippen LogP contribution in [0.15, 0.2) is 24.3 Å². The first-order chi connectivity index (χ1) is 15.6. The number of aromatic amines is 1. The molecule has 0 unspecified atom stereocenters. The van der Waals surface area contributed by atoms with Gasteiger partial charge in [-0.15, -0.1) is 0 Å². The van der Waals surface area contributed by atoms with Crippen molar-refractivity contribution in [1.29, 1.82) is 0 Å². The van der Waals surface area contributed by atoms with Gasteiger partial charge < -0.3 is 14.8 Å². The summed E-state index contributed by atoms with van der Waals surface area (Å²) in [5.74, 6) is 0.173. The molecular weight excluding hydrogens is 408 g/mol. The number of carbonyl (C=O) groups is 3. The fraction of sp³-hybridized carbons (Fsp3) is 0.542. The first kappa shape index (κ1) is 21.0. The van der Waals surface area contributed by atoms with Crippen molar-refractivity contribution in [3.05, 3.63) is 35.5 Å². The Morgan fingerprint density at radius 1 is 1.12 bits per heavy atom. The lowest BCUT2D eigenvalue weighted by Crippen LogP contribution is -2.63. The number of nitrogens with zero attached hydrogens (tertiary/aromatic N) is 2. The Labute approximate surface area is 186 Å². The summed E-state index contributed by atoms with van der Waals surface area (Å²) >= 11 is 0. The van der Waals surface area contributed by atoms with Crippen molar-refractivity contribution < 1.29 is 19.6 Å². The standard InChI is InChI=1S/C24H30N4O4/c29-20(26-32)9-3-1-2-6-12-27-14-21(30)28-19(24(27)31)13-17-16-7-4-5-8-18(16)25-22(17)23(28)15-10-11-15/h4-5,7-8,15,19,23,25,32H,1-3,6,9-14H2,(H,26,29)/t19-,23-/m0/s1. The monoisotopic (exact) mass is 438 g/mol. The highest BCUT2D eigenvalue weighted by molar-refractivity contribution is 5.97. The normalized spacial score (nSPS) is 22.8. The van der Waals surface area contributed by atoms with Crippen LogP contribution >= 0.6 is 0 Å². The Hall–Kier alpha value is -2.87. The highest BCUT2D eigenvalue weighted by atomic mass is 16.5. The predicted octanol–water partition coefficient (Wildman–Crippen LogP) is 2.67. The molecule has 32 heavy (non-hydrogen) atoms. The maximum atomic E-state index is 13.5. The molecule has 5 rings (SSSR count). The van der Waals surface area contributed by atoms with E-state index in [1.807, 2.05) is 17.0 Å².